The maximum Gasteiger partial charge on any atom is 0.0415 e. The van der Waals surface area contributed by atoms with E-state index in [1.54, 1.807) is 0 Å². The van der Waals surface area contributed by atoms with Crippen molar-refractivity contribution in [2.45, 2.75) is 64.5 Å². The van der Waals surface area contributed by atoms with Crippen LogP contribution in [0, 0.1) is 0 Å². The molecule has 2 atom stereocenters. The van der Waals surface area contributed by atoms with E-state index in [0.717, 1.165) is 6.04 Å². The maximum absolute atomic E-state index is 2.75. The van der Waals surface area contributed by atoms with Crippen LogP contribution < -0.4 is 4.90 Å². The average Bonchev–Trinajstić information content (AvgIpc) is 2.53. The number of piperidine rings is 1. The van der Waals surface area contributed by atoms with Gasteiger partial charge in [-0.25, -0.2) is 0 Å². The molecule has 3 rings (SSSR count). The van der Waals surface area contributed by atoms with Gasteiger partial charge < -0.3 is 4.90 Å². The summed E-state index contributed by atoms with van der Waals surface area (Å²) in [5, 5.41) is 0. The van der Waals surface area contributed by atoms with Crippen LogP contribution in [0.25, 0.3) is 0 Å². The molecule has 2 fully saturated rings. The molecule has 21 heavy (non-hydrogen) atoms. The number of fused-ring (bicyclic) bond motifs is 1. The molecule has 2 nitrogen and oxygen atoms in total. The number of hydrogen-bond donors (Lipinski definition) is 0. The fraction of sp³-hybridized carbons (Fsp3) is 0.684. The molecular formula is C19H30N2. The summed E-state index contributed by atoms with van der Waals surface area (Å²) in [4.78, 5) is 5.42. The van der Waals surface area contributed by atoms with Gasteiger partial charge in [-0.3, -0.25) is 4.90 Å². The quantitative estimate of drug-likeness (QED) is 0.819. The monoisotopic (exact) mass is 286 g/mol. The summed E-state index contributed by atoms with van der Waals surface area (Å²) in [6, 6.07) is 10.8. The largest absolute Gasteiger partial charge is 0.366 e. The number of piperazine rings is 1. The van der Waals surface area contributed by atoms with Gasteiger partial charge in [0.05, 0.1) is 0 Å². The second-order valence-electron chi connectivity index (χ2n) is 7.11. The molecule has 2 aliphatic rings. The average molecular weight is 286 g/mol. The van der Waals surface area contributed by atoms with Crippen LogP contribution in [0.15, 0.2) is 24.3 Å². The molecule has 0 aromatic heterocycles. The third kappa shape index (κ3) is 3.11. The Balaban J connectivity index is 1.78. The topological polar surface area (TPSA) is 6.48 Å². The van der Waals surface area contributed by atoms with Crippen LogP contribution >= 0.6 is 0 Å². The number of hydrogen-bond acceptors (Lipinski definition) is 2. The van der Waals surface area contributed by atoms with Crippen LogP contribution in [0.5, 0.6) is 0 Å². The van der Waals surface area contributed by atoms with Crippen LogP contribution in [0.3, 0.4) is 0 Å². The van der Waals surface area contributed by atoms with E-state index in [0.29, 0.717) is 12.0 Å². The van der Waals surface area contributed by atoms with Gasteiger partial charge in [0, 0.05) is 30.9 Å². The minimum Gasteiger partial charge on any atom is -0.366 e. The van der Waals surface area contributed by atoms with Gasteiger partial charge >= 0.3 is 0 Å². The van der Waals surface area contributed by atoms with Crippen LogP contribution in [0.2, 0.25) is 0 Å². The van der Waals surface area contributed by atoms with Crippen molar-refractivity contribution >= 4 is 5.69 Å². The lowest BCUT2D eigenvalue weighted by Gasteiger charge is -2.49. The van der Waals surface area contributed by atoms with Crippen LogP contribution in [-0.2, 0) is 0 Å². The first kappa shape index (κ1) is 14.9. The second-order valence-corrected chi connectivity index (χ2v) is 7.11. The van der Waals surface area contributed by atoms with E-state index in [1.807, 2.05) is 0 Å². The highest BCUT2D eigenvalue weighted by Crippen LogP contribution is 2.30. The third-order valence-corrected chi connectivity index (χ3v) is 5.41. The zero-order valence-corrected chi connectivity index (χ0v) is 13.9. The first-order valence-electron chi connectivity index (χ1n) is 8.79. The number of anilines is 1. The lowest BCUT2D eigenvalue weighted by atomic mass is 9.95. The summed E-state index contributed by atoms with van der Waals surface area (Å²) in [6.07, 6.45) is 5.44. The zero-order chi connectivity index (χ0) is 14.8. The first-order chi connectivity index (χ1) is 10.2. The normalized spacial score (nSPS) is 27.0. The van der Waals surface area contributed by atoms with Gasteiger partial charge in [0.1, 0.15) is 0 Å². The molecule has 0 radical (unpaired) electrons. The van der Waals surface area contributed by atoms with E-state index in [1.165, 1.54) is 56.6 Å². The van der Waals surface area contributed by atoms with Crippen LogP contribution in [0.4, 0.5) is 5.69 Å². The van der Waals surface area contributed by atoms with Gasteiger partial charge in [0.25, 0.3) is 0 Å². The van der Waals surface area contributed by atoms with E-state index in [-0.39, 0.29) is 0 Å². The van der Waals surface area contributed by atoms with Crippen molar-refractivity contribution in [3.63, 3.8) is 0 Å². The Kier molecular flexibility index (Phi) is 4.54. The van der Waals surface area contributed by atoms with Gasteiger partial charge in [-0.15, -0.1) is 0 Å². The molecule has 0 N–H and O–H groups in total. The van der Waals surface area contributed by atoms with Gasteiger partial charge in [-0.05, 0) is 49.4 Å². The van der Waals surface area contributed by atoms with Crippen molar-refractivity contribution in [3.05, 3.63) is 29.8 Å². The minimum absolute atomic E-state index is 0.621. The molecular weight excluding hydrogens is 256 g/mol. The summed E-state index contributed by atoms with van der Waals surface area (Å²) in [5.41, 5.74) is 2.87. The standard InChI is InChI=1S/C19H30N2/c1-4-17-13-20-12-6-5-7-19(20)14-21(17)18-10-8-16(9-11-18)15(2)3/h8-11,15,17,19H,4-7,12-14H2,1-3H3. The number of benzene rings is 1. The minimum atomic E-state index is 0.621. The Morgan fingerprint density at radius 3 is 2.52 bits per heavy atom. The van der Waals surface area contributed by atoms with Crippen molar-refractivity contribution in [2.75, 3.05) is 24.5 Å². The van der Waals surface area contributed by atoms with Crippen molar-refractivity contribution in [3.8, 4) is 0 Å². The van der Waals surface area contributed by atoms with Crippen LogP contribution in [-0.4, -0.2) is 36.6 Å². The highest BCUT2D eigenvalue weighted by molar-refractivity contribution is 5.50. The Hall–Kier alpha value is -1.02. The smallest absolute Gasteiger partial charge is 0.0415 e. The Bertz CT molecular complexity index is 451. The van der Waals surface area contributed by atoms with E-state index < -0.39 is 0 Å². The van der Waals surface area contributed by atoms with Crippen molar-refractivity contribution in [1.29, 1.82) is 0 Å². The Labute approximate surface area is 130 Å². The Morgan fingerprint density at radius 1 is 1.10 bits per heavy atom. The molecule has 0 aliphatic carbocycles. The van der Waals surface area contributed by atoms with Gasteiger partial charge in [-0.2, -0.15) is 0 Å². The van der Waals surface area contributed by atoms with Crippen molar-refractivity contribution in [1.82, 2.24) is 4.90 Å². The molecule has 0 spiro atoms. The SMILES string of the molecule is CCC1CN2CCCCC2CN1c1ccc(C(C)C)cc1. The molecule has 116 valence electrons. The van der Waals surface area contributed by atoms with Crippen molar-refractivity contribution in [2.24, 2.45) is 0 Å². The summed E-state index contributed by atoms with van der Waals surface area (Å²) < 4.78 is 0. The lowest BCUT2D eigenvalue weighted by Crippen LogP contribution is -2.59. The molecule has 0 saturated carbocycles. The second kappa shape index (κ2) is 6.39. The molecule has 1 aromatic carbocycles. The highest BCUT2D eigenvalue weighted by Gasteiger charge is 2.34. The molecule has 2 heteroatoms. The van der Waals surface area contributed by atoms with Crippen LogP contribution in [0.1, 0.15) is 57.9 Å². The molecule has 1 aromatic rings. The van der Waals surface area contributed by atoms with E-state index in [4.69, 9.17) is 0 Å². The fourth-order valence-electron chi connectivity index (χ4n) is 3.97. The lowest BCUT2D eigenvalue weighted by molar-refractivity contribution is 0.111. The van der Waals surface area contributed by atoms with E-state index in [9.17, 15) is 0 Å². The predicted molar refractivity (Wildman–Crippen MR) is 91.2 cm³/mol. The van der Waals surface area contributed by atoms with Gasteiger partial charge in [-0.1, -0.05) is 39.3 Å². The molecule has 2 saturated heterocycles. The summed E-state index contributed by atoms with van der Waals surface area (Å²) in [5.74, 6) is 0.621. The van der Waals surface area contributed by atoms with E-state index in [2.05, 4.69) is 54.8 Å². The maximum atomic E-state index is 2.75. The molecule has 2 unspecified atom stereocenters. The molecule has 0 bridgehead atoms. The molecule has 0 amide bonds. The third-order valence-electron chi connectivity index (χ3n) is 5.41. The van der Waals surface area contributed by atoms with Gasteiger partial charge in [0.15, 0.2) is 0 Å². The first-order valence-corrected chi connectivity index (χ1v) is 8.79. The summed E-state index contributed by atoms with van der Waals surface area (Å²) in [7, 11) is 0. The zero-order valence-electron chi connectivity index (χ0n) is 13.9. The van der Waals surface area contributed by atoms with Gasteiger partial charge in [0.2, 0.25) is 0 Å². The number of nitrogens with zero attached hydrogens (tertiary/aromatic N) is 2. The van der Waals surface area contributed by atoms with Crippen molar-refractivity contribution < 1.29 is 0 Å². The highest BCUT2D eigenvalue weighted by atomic mass is 15.3. The fourth-order valence-corrected chi connectivity index (χ4v) is 3.97. The van der Waals surface area contributed by atoms with E-state index >= 15 is 0 Å². The summed E-state index contributed by atoms with van der Waals surface area (Å²) >= 11 is 0. The Morgan fingerprint density at radius 2 is 1.86 bits per heavy atom. The number of rotatable bonds is 3. The molecule has 2 aliphatic heterocycles. The summed E-state index contributed by atoms with van der Waals surface area (Å²) in [6.45, 7) is 10.7. The predicted octanol–water partition coefficient (Wildman–Crippen LogP) is 4.26. The molecule has 2 heterocycles.